The van der Waals surface area contributed by atoms with Gasteiger partial charge in [0.05, 0.1) is 11.3 Å². The molecule has 2 heterocycles. The summed E-state index contributed by atoms with van der Waals surface area (Å²) < 4.78 is 5.31. The van der Waals surface area contributed by atoms with Crippen LogP contribution in [-0.2, 0) is 9.53 Å². The molecule has 1 amide bonds. The highest BCUT2D eigenvalue weighted by Crippen LogP contribution is 2.30. The van der Waals surface area contributed by atoms with Gasteiger partial charge in [0.1, 0.15) is 0 Å². The number of anilines is 1. The number of nitrogens with zero attached hydrogens (tertiary/aromatic N) is 2. The topological polar surface area (TPSA) is 81.2 Å². The Balaban J connectivity index is 1.67. The van der Waals surface area contributed by atoms with Crippen molar-refractivity contribution in [2.24, 2.45) is 0 Å². The van der Waals surface area contributed by atoms with Crippen LogP contribution in [0.5, 0.6) is 0 Å². The zero-order valence-corrected chi connectivity index (χ0v) is 16.0. The minimum atomic E-state index is -0.918. The summed E-state index contributed by atoms with van der Waals surface area (Å²) in [5.74, 6) is -1.00. The molecule has 0 aliphatic carbocycles. The molecule has 0 bridgehead atoms. The van der Waals surface area contributed by atoms with Crippen molar-refractivity contribution in [2.45, 2.75) is 19.4 Å². The SMILES string of the molecule is CCC(OC(=O)c1ccncc1)C(=O)Nc1nc(-c2ccccc2Cl)cs1. The lowest BCUT2D eigenvalue weighted by molar-refractivity contribution is -0.124. The third-order valence-electron chi connectivity index (χ3n) is 3.71. The van der Waals surface area contributed by atoms with Gasteiger partial charge in [0.25, 0.3) is 5.91 Å². The van der Waals surface area contributed by atoms with Crippen molar-refractivity contribution in [3.8, 4) is 11.3 Å². The number of ether oxygens (including phenoxy) is 1. The smallest absolute Gasteiger partial charge is 0.339 e. The van der Waals surface area contributed by atoms with E-state index in [0.717, 1.165) is 5.56 Å². The molecule has 1 aromatic carbocycles. The number of hydrogen-bond donors (Lipinski definition) is 1. The molecule has 1 atom stereocenters. The molecule has 1 unspecified atom stereocenters. The van der Waals surface area contributed by atoms with Crippen LogP contribution in [0, 0.1) is 0 Å². The molecule has 138 valence electrons. The number of esters is 1. The van der Waals surface area contributed by atoms with E-state index in [4.69, 9.17) is 16.3 Å². The van der Waals surface area contributed by atoms with Gasteiger partial charge in [-0.05, 0) is 24.6 Å². The molecular weight excluding hydrogens is 386 g/mol. The van der Waals surface area contributed by atoms with Crippen LogP contribution in [-0.4, -0.2) is 27.9 Å². The molecule has 0 fully saturated rings. The van der Waals surface area contributed by atoms with Crippen LogP contribution >= 0.6 is 22.9 Å². The lowest BCUT2D eigenvalue weighted by Crippen LogP contribution is -2.32. The van der Waals surface area contributed by atoms with E-state index in [0.29, 0.717) is 27.8 Å². The summed E-state index contributed by atoms with van der Waals surface area (Å²) in [7, 11) is 0. The number of thiazole rings is 1. The second-order valence-corrected chi connectivity index (χ2v) is 6.81. The van der Waals surface area contributed by atoms with Crippen LogP contribution in [0.3, 0.4) is 0 Å². The first-order chi connectivity index (χ1) is 13.1. The van der Waals surface area contributed by atoms with Crippen molar-refractivity contribution in [3.05, 3.63) is 64.8 Å². The Hall–Kier alpha value is -2.77. The number of pyridine rings is 1. The second kappa shape index (κ2) is 8.75. The number of hydrogen-bond acceptors (Lipinski definition) is 6. The fourth-order valence-electron chi connectivity index (χ4n) is 2.32. The fraction of sp³-hybridized carbons (Fsp3) is 0.158. The molecule has 3 rings (SSSR count). The van der Waals surface area contributed by atoms with Crippen LogP contribution in [0.2, 0.25) is 5.02 Å². The molecule has 3 aromatic rings. The Kier molecular flexibility index (Phi) is 6.16. The number of rotatable bonds is 6. The number of halogens is 1. The molecular formula is C19H16ClN3O3S. The van der Waals surface area contributed by atoms with Gasteiger partial charge < -0.3 is 4.74 Å². The Bertz CT molecular complexity index is 946. The number of nitrogens with one attached hydrogen (secondary N) is 1. The van der Waals surface area contributed by atoms with Gasteiger partial charge in [-0.25, -0.2) is 9.78 Å². The first-order valence-corrected chi connectivity index (χ1v) is 9.46. The van der Waals surface area contributed by atoms with Gasteiger partial charge in [0.15, 0.2) is 11.2 Å². The van der Waals surface area contributed by atoms with E-state index in [1.54, 1.807) is 18.4 Å². The highest BCUT2D eigenvalue weighted by Gasteiger charge is 2.23. The lowest BCUT2D eigenvalue weighted by atomic mass is 10.2. The van der Waals surface area contributed by atoms with Crippen LogP contribution in [0.1, 0.15) is 23.7 Å². The average Bonchev–Trinajstić information content (AvgIpc) is 3.15. The maximum Gasteiger partial charge on any atom is 0.339 e. The molecule has 0 aliphatic heterocycles. The predicted octanol–water partition coefficient (Wildman–Crippen LogP) is 4.43. The quantitative estimate of drug-likeness (QED) is 0.618. The second-order valence-electron chi connectivity index (χ2n) is 5.55. The largest absolute Gasteiger partial charge is 0.449 e. The minimum Gasteiger partial charge on any atom is -0.449 e. The van der Waals surface area contributed by atoms with Crippen LogP contribution in [0.15, 0.2) is 54.2 Å². The average molecular weight is 402 g/mol. The molecule has 0 radical (unpaired) electrons. The summed E-state index contributed by atoms with van der Waals surface area (Å²) in [5.41, 5.74) is 1.79. The monoisotopic (exact) mass is 401 g/mol. The Morgan fingerprint density at radius 1 is 1.22 bits per heavy atom. The van der Waals surface area contributed by atoms with Crippen LogP contribution in [0.4, 0.5) is 5.13 Å². The summed E-state index contributed by atoms with van der Waals surface area (Å²) in [6, 6.07) is 10.4. The van der Waals surface area contributed by atoms with Crippen LogP contribution < -0.4 is 5.32 Å². The van der Waals surface area contributed by atoms with E-state index in [-0.39, 0.29) is 0 Å². The molecule has 8 heteroatoms. The maximum atomic E-state index is 12.5. The van der Waals surface area contributed by atoms with Crippen molar-refractivity contribution in [1.29, 1.82) is 0 Å². The lowest BCUT2D eigenvalue weighted by Gasteiger charge is -2.15. The minimum absolute atomic E-state index is 0.339. The highest BCUT2D eigenvalue weighted by atomic mass is 35.5. The number of amides is 1. The first-order valence-electron chi connectivity index (χ1n) is 8.20. The normalized spacial score (nSPS) is 11.6. The van der Waals surface area contributed by atoms with Crippen molar-refractivity contribution in [1.82, 2.24) is 9.97 Å². The summed E-state index contributed by atoms with van der Waals surface area (Å²) >= 11 is 7.45. The Morgan fingerprint density at radius 2 is 1.96 bits per heavy atom. The molecule has 0 saturated carbocycles. The number of carbonyl (C=O) groups excluding carboxylic acids is 2. The number of carbonyl (C=O) groups is 2. The van der Waals surface area contributed by atoms with E-state index < -0.39 is 18.0 Å². The van der Waals surface area contributed by atoms with E-state index in [9.17, 15) is 9.59 Å². The van der Waals surface area contributed by atoms with Gasteiger partial charge in [0, 0.05) is 28.4 Å². The van der Waals surface area contributed by atoms with Crippen molar-refractivity contribution < 1.29 is 14.3 Å². The maximum absolute atomic E-state index is 12.5. The molecule has 0 aliphatic rings. The van der Waals surface area contributed by atoms with E-state index in [1.165, 1.54) is 35.9 Å². The third kappa shape index (κ3) is 4.69. The van der Waals surface area contributed by atoms with Crippen LogP contribution in [0.25, 0.3) is 11.3 Å². The van der Waals surface area contributed by atoms with E-state index in [2.05, 4.69) is 15.3 Å². The summed E-state index contributed by atoms with van der Waals surface area (Å²) in [5, 5.41) is 5.49. The standard InChI is InChI=1S/C19H16ClN3O3S/c1-2-16(26-18(25)12-7-9-21-10-8-12)17(24)23-19-22-15(11-27-19)13-5-3-4-6-14(13)20/h3-11,16H,2H2,1H3,(H,22,23,24). The molecule has 1 N–H and O–H groups in total. The summed E-state index contributed by atoms with van der Waals surface area (Å²) in [6.45, 7) is 1.76. The van der Waals surface area contributed by atoms with Gasteiger partial charge in [-0.1, -0.05) is 36.7 Å². The van der Waals surface area contributed by atoms with Crippen molar-refractivity contribution in [2.75, 3.05) is 5.32 Å². The zero-order valence-electron chi connectivity index (χ0n) is 14.4. The molecule has 0 spiro atoms. The van der Waals surface area contributed by atoms with Crippen molar-refractivity contribution >= 4 is 39.9 Å². The van der Waals surface area contributed by atoms with Gasteiger partial charge in [-0.3, -0.25) is 15.1 Å². The number of aromatic nitrogens is 2. The van der Waals surface area contributed by atoms with Gasteiger partial charge in [0.2, 0.25) is 0 Å². The molecule has 27 heavy (non-hydrogen) atoms. The van der Waals surface area contributed by atoms with Gasteiger partial charge >= 0.3 is 5.97 Å². The summed E-state index contributed by atoms with van der Waals surface area (Å²) in [4.78, 5) is 32.8. The Labute approximate surface area is 165 Å². The number of benzene rings is 1. The first kappa shape index (κ1) is 19.0. The van der Waals surface area contributed by atoms with E-state index >= 15 is 0 Å². The van der Waals surface area contributed by atoms with E-state index in [1.807, 2.05) is 18.2 Å². The van der Waals surface area contributed by atoms with Gasteiger partial charge in [-0.2, -0.15) is 0 Å². The van der Waals surface area contributed by atoms with Gasteiger partial charge in [-0.15, -0.1) is 11.3 Å². The van der Waals surface area contributed by atoms with Crippen molar-refractivity contribution in [3.63, 3.8) is 0 Å². The Morgan fingerprint density at radius 3 is 2.67 bits per heavy atom. The molecule has 2 aromatic heterocycles. The zero-order chi connectivity index (χ0) is 19.2. The third-order valence-corrected chi connectivity index (χ3v) is 4.80. The fourth-order valence-corrected chi connectivity index (χ4v) is 3.26. The predicted molar refractivity (Wildman–Crippen MR) is 105 cm³/mol. The molecule has 0 saturated heterocycles. The summed E-state index contributed by atoms with van der Waals surface area (Å²) in [6.07, 6.45) is 2.40. The highest BCUT2D eigenvalue weighted by molar-refractivity contribution is 7.14. The molecule has 6 nitrogen and oxygen atoms in total.